The van der Waals surface area contributed by atoms with Gasteiger partial charge < -0.3 is 13.7 Å². The monoisotopic (exact) mass is 429 g/mol. The first-order valence-electron chi connectivity index (χ1n) is 8.44. The van der Waals surface area contributed by atoms with Gasteiger partial charge in [0.15, 0.2) is 0 Å². The summed E-state index contributed by atoms with van der Waals surface area (Å²) in [6, 6.07) is 3.03. The third kappa shape index (κ3) is 4.29. The number of nitrogens with zero attached hydrogens (tertiary/aromatic N) is 5. The van der Waals surface area contributed by atoms with Gasteiger partial charge in [-0.05, 0) is 12.1 Å². The summed E-state index contributed by atoms with van der Waals surface area (Å²) in [7, 11) is -2.60. The molecule has 1 aliphatic rings. The molecule has 29 heavy (non-hydrogen) atoms. The number of aromatic nitrogens is 4. The molecule has 0 bridgehead atoms. The van der Waals surface area contributed by atoms with Gasteiger partial charge in [0.1, 0.15) is 5.65 Å². The summed E-state index contributed by atoms with van der Waals surface area (Å²) in [6.45, 7) is 0.609. The van der Waals surface area contributed by atoms with Gasteiger partial charge in [0.2, 0.25) is 5.82 Å². The van der Waals surface area contributed by atoms with Crippen molar-refractivity contribution in [2.24, 2.45) is 4.36 Å². The Morgan fingerprint density at radius 2 is 1.97 bits per heavy atom. The minimum Gasteiger partial charge on any atom is -0.379 e. The van der Waals surface area contributed by atoms with Gasteiger partial charge in [-0.25, -0.2) is 9.19 Å². The van der Waals surface area contributed by atoms with Crippen LogP contribution < -0.4 is 0 Å². The number of carbonyl (C=O) groups excluding carboxylic acids is 1. The number of hydrogen-bond donors (Lipinski definition) is 0. The Morgan fingerprint density at radius 1 is 1.21 bits per heavy atom. The molecule has 0 aromatic carbocycles. The maximum absolute atomic E-state index is 12.6. The van der Waals surface area contributed by atoms with Gasteiger partial charge >= 0.3 is 12.1 Å². The molecule has 9 nitrogen and oxygen atoms in total. The number of carbonyl (C=O) groups is 1. The van der Waals surface area contributed by atoms with Crippen LogP contribution in [0, 0.1) is 0 Å². The number of alkyl halides is 3. The van der Waals surface area contributed by atoms with Crippen LogP contribution >= 0.6 is 0 Å². The molecule has 0 saturated carbocycles. The van der Waals surface area contributed by atoms with Crippen molar-refractivity contribution in [2.75, 3.05) is 24.7 Å². The quantitative estimate of drug-likeness (QED) is 0.626. The molecule has 4 rings (SSSR count). The van der Waals surface area contributed by atoms with Crippen LogP contribution in [-0.4, -0.2) is 54.4 Å². The number of imidazole rings is 1. The third-order valence-electron chi connectivity index (χ3n) is 4.12. The second-order valence-corrected chi connectivity index (χ2v) is 8.84. The van der Waals surface area contributed by atoms with E-state index in [1.807, 2.05) is 0 Å². The summed E-state index contributed by atoms with van der Waals surface area (Å²) in [6.07, 6.45) is -1.87. The van der Waals surface area contributed by atoms with Gasteiger partial charge in [-0.15, -0.1) is 0 Å². The molecule has 0 unspecified atom stereocenters. The van der Waals surface area contributed by atoms with Crippen molar-refractivity contribution < 1.29 is 31.4 Å². The summed E-state index contributed by atoms with van der Waals surface area (Å²) in [4.78, 5) is 19.8. The van der Waals surface area contributed by atoms with E-state index in [9.17, 15) is 22.2 Å². The van der Waals surface area contributed by atoms with Crippen molar-refractivity contribution in [3.05, 3.63) is 36.1 Å². The number of fused-ring (bicyclic) bond motifs is 1. The minimum absolute atomic E-state index is 0.144. The van der Waals surface area contributed by atoms with Crippen LogP contribution in [0.1, 0.15) is 11.6 Å². The maximum Gasteiger partial charge on any atom is 0.471 e. The van der Waals surface area contributed by atoms with Gasteiger partial charge in [0.05, 0.1) is 46.6 Å². The predicted molar refractivity (Wildman–Crippen MR) is 93.3 cm³/mol. The molecule has 0 N–H and O–H groups in total. The molecule has 0 atom stereocenters. The first-order valence-corrected chi connectivity index (χ1v) is 10.3. The van der Waals surface area contributed by atoms with Crippen LogP contribution in [0.5, 0.6) is 0 Å². The Bertz CT molecular complexity index is 1180. The van der Waals surface area contributed by atoms with E-state index >= 15 is 0 Å². The average molecular weight is 429 g/mol. The average Bonchev–Trinajstić information content (AvgIpc) is 3.27. The molecule has 0 aliphatic carbocycles. The lowest BCUT2D eigenvalue weighted by Gasteiger charge is -2.15. The molecule has 154 valence electrons. The van der Waals surface area contributed by atoms with E-state index in [1.54, 1.807) is 6.07 Å². The lowest BCUT2D eigenvalue weighted by molar-refractivity contribution is -0.159. The Kier molecular flexibility index (Phi) is 4.86. The molecule has 0 spiro atoms. The molecule has 1 aliphatic heterocycles. The zero-order valence-electron chi connectivity index (χ0n) is 14.8. The molecular formula is C16H14F3N5O4S. The van der Waals surface area contributed by atoms with Gasteiger partial charge in [-0.3, -0.25) is 4.79 Å². The fraction of sp³-hybridized carbons (Fsp3) is 0.375. The summed E-state index contributed by atoms with van der Waals surface area (Å²) >= 11 is 0. The normalized spacial score (nSPS) is 16.8. The van der Waals surface area contributed by atoms with E-state index in [4.69, 9.17) is 4.74 Å². The Hall–Kier alpha value is -2.80. The highest BCUT2D eigenvalue weighted by Gasteiger charge is 2.38. The second kappa shape index (κ2) is 7.22. The third-order valence-corrected chi connectivity index (χ3v) is 6.27. The van der Waals surface area contributed by atoms with Crippen LogP contribution in [0.4, 0.5) is 13.2 Å². The van der Waals surface area contributed by atoms with Crippen molar-refractivity contribution in [1.29, 1.82) is 0 Å². The van der Waals surface area contributed by atoms with Crippen molar-refractivity contribution in [2.45, 2.75) is 12.6 Å². The van der Waals surface area contributed by atoms with E-state index in [2.05, 4.69) is 24.0 Å². The topological polar surface area (TPSA) is 112 Å². The number of ether oxygens (including phenoxy) is 1. The highest BCUT2D eigenvalue weighted by atomic mass is 32.2. The molecule has 0 radical (unpaired) electrons. The van der Waals surface area contributed by atoms with Crippen molar-refractivity contribution in [1.82, 2.24) is 19.5 Å². The van der Waals surface area contributed by atoms with Gasteiger partial charge in [-0.2, -0.15) is 22.5 Å². The van der Waals surface area contributed by atoms with Crippen molar-refractivity contribution >= 4 is 21.3 Å². The van der Waals surface area contributed by atoms with E-state index in [1.165, 1.54) is 22.9 Å². The summed E-state index contributed by atoms with van der Waals surface area (Å²) < 4.78 is 65.0. The fourth-order valence-corrected chi connectivity index (χ4v) is 4.34. The molecule has 1 saturated heterocycles. The van der Waals surface area contributed by atoms with E-state index < -0.39 is 27.7 Å². The summed E-state index contributed by atoms with van der Waals surface area (Å²) in [5.41, 5.74) is 1.13. The Morgan fingerprint density at radius 3 is 2.66 bits per heavy atom. The minimum atomic E-state index is -4.73. The summed E-state index contributed by atoms with van der Waals surface area (Å²) in [5, 5.41) is 3.34. The molecule has 3 aromatic rings. The Balaban J connectivity index is 1.56. The number of amides is 1. The smallest absolute Gasteiger partial charge is 0.379 e. The lowest BCUT2D eigenvalue weighted by Crippen LogP contribution is -2.26. The maximum atomic E-state index is 12.6. The zero-order valence-corrected chi connectivity index (χ0v) is 15.6. The lowest BCUT2D eigenvalue weighted by atomic mass is 10.3. The first kappa shape index (κ1) is 19.5. The van der Waals surface area contributed by atoms with E-state index in [-0.39, 0.29) is 29.3 Å². The number of pyridine rings is 1. The van der Waals surface area contributed by atoms with Gasteiger partial charge in [-0.1, -0.05) is 5.16 Å². The largest absolute Gasteiger partial charge is 0.471 e. The van der Waals surface area contributed by atoms with E-state index in [0.717, 1.165) is 0 Å². The molecular weight excluding hydrogens is 415 g/mol. The first-order chi connectivity index (χ1) is 13.7. The van der Waals surface area contributed by atoms with Crippen LogP contribution in [-0.2, 0) is 31.9 Å². The van der Waals surface area contributed by atoms with Crippen LogP contribution in [0.3, 0.4) is 0 Å². The molecule has 1 fully saturated rings. The van der Waals surface area contributed by atoms with Crippen molar-refractivity contribution in [3.8, 4) is 11.4 Å². The molecule has 1 amide bonds. The second-order valence-electron chi connectivity index (χ2n) is 6.29. The van der Waals surface area contributed by atoms with E-state index in [0.29, 0.717) is 24.6 Å². The molecule has 13 heteroatoms. The Labute approximate surface area is 162 Å². The van der Waals surface area contributed by atoms with Crippen LogP contribution in [0.25, 0.3) is 17.0 Å². The van der Waals surface area contributed by atoms with Crippen LogP contribution in [0.2, 0.25) is 0 Å². The standard InChI is InChI=1S/C16H14F3N5O4S/c17-16(18,19)15-21-14(22-28-15)10-1-2-12-20-11(9-24(12)8-10)7-13(25)23-29(26)5-3-27-4-6-29/h1-2,8-9H,3-7H2. The zero-order chi connectivity index (χ0) is 20.6. The number of rotatable bonds is 3. The summed E-state index contributed by atoms with van der Waals surface area (Å²) in [5.74, 6) is -1.77. The van der Waals surface area contributed by atoms with Crippen molar-refractivity contribution in [3.63, 3.8) is 0 Å². The fourth-order valence-electron chi connectivity index (χ4n) is 2.76. The highest BCUT2D eigenvalue weighted by Crippen LogP contribution is 2.29. The molecule has 4 heterocycles. The highest BCUT2D eigenvalue weighted by molar-refractivity contribution is 7.93. The number of halogens is 3. The van der Waals surface area contributed by atoms with Crippen LogP contribution in [0.15, 0.2) is 33.4 Å². The van der Waals surface area contributed by atoms with Gasteiger partial charge in [0.25, 0.3) is 5.91 Å². The predicted octanol–water partition coefficient (Wildman–Crippen LogP) is 1.97. The van der Waals surface area contributed by atoms with Gasteiger partial charge in [0, 0.05) is 18.0 Å². The SMILES string of the molecule is O=C(Cc1cn2cc(-c3noc(C(F)(F)F)n3)ccc2n1)N=S1(=O)CCOCC1. The molecule has 3 aromatic heterocycles. The number of hydrogen-bond acceptors (Lipinski definition) is 7.